The second-order valence-electron chi connectivity index (χ2n) is 7.55. The predicted octanol–water partition coefficient (Wildman–Crippen LogP) is 2.44. The molecule has 152 valence electrons. The summed E-state index contributed by atoms with van der Waals surface area (Å²) in [6, 6.07) is 6.15. The third-order valence-electron chi connectivity index (χ3n) is 5.70. The van der Waals surface area contributed by atoms with Gasteiger partial charge in [-0.2, -0.15) is 8.78 Å². The zero-order chi connectivity index (χ0) is 19.9. The van der Waals surface area contributed by atoms with E-state index in [1.54, 1.807) is 34.9 Å². The minimum Gasteiger partial charge on any atom is -0.433 e. The van der Waals surface area contributed by atoms with Crippen molar-refractivity contribution < 1.29 is 23.1 Å². The Hall–Kier alpha value is -2.03. The summed E-state index contributed by atoms with van der Waals surface area (Å²) in [5.74, 6) is 0.652. The maximum absolute atomic E-state index is 12.8. The quantitative estimate of drug-likeness (QED) is 0.807. The molecule has 1 aromatic carbocycles. The highest BCUT2D eigenvalue weighted by molar-refractivity contribution is 8.01. The Bertz CT molecular complexity index is 781. The number of nitrogens with zero attached hydrogens (tertiary/aromatic N) is 2. The number of anilines is 1. The van der Waals surface area contributed by atoms with Crippen molar-refractivity contribution in [3.8, 4) is 5.75 Å². The van der Waals surface area contributed by atoms with E-state index in [-0.39, 0.29) is 28.5 Å². The molecule has 0 bridgehead atoms. The highest BCUT2D eigenvalue weighted by atomic mass is 32.2. The summed E-state index contributed by atoms with van der Waals surface area (Å²) in [6.07, 6.45) is 1.98. The van der Waals surface area contributed by atoms with Crippen molar-refractivity contribution in [3.63, 3.8) is 0 Å². The molecule has 3 saturated heterocycles. The molecule has 3 aliphatic heterocycles. The lowest BCUT2D eigenvalue weighted by Gasteiger charge is -2.30. The van der Waals surface area contributed by atoms with E-state index in [1.807, 2.05) is 11.8 Å². The molecule has 9 heteroatoms. The number of nitrogens with one attached hydrogen (secondary N) is 1. The summed E-state index contributed by atoms with van der Waals surface area (Å²) in [5, 5.41) is 3.05. The van der Waals surface area contributed by atoms with Crippen LogP contribution in [0.1, 0.15) is 26.2 Å². The van der Waals surface area contributed by atoms with Crippen molar-refractivity contribution >= 4 is 29.3 Å². The van der Waals surface area contributed by atoms with Gasteiger partial charge in [0.2, 0.25) is 11.8 Å². The average Bonchev–Trinajstić information content (AvgIpc) is 3.31. The number of hydrogen-bond donors (Lipinski definition) is 1. The van der Waals surface area contributed by atoms with Gasteiger partial charge in [0.25, 0.3) is 0 Å². The summed E-state index contributed by atoms with van der Waals surface area (Å²) in [7, 11) is 0. The molecular weight excluding hydrogens is 388 g/mol. The lowest BCUT2D eigenvalue weighted by Crippen LogP contribution is -2.52. The Kier molecular flexibility index (Phi) is 5.11. The molecule has 3 heterocycles. The van der Waals surface area contributed by atoms with Crippen LogP contribution in [0.3, 0.4) is 0 Å². The molecule has 0 aromatic heterocycles. The maximum atomic E-state index is 12.8. The van der Waals surface area contributed by atoms with Gasteiger partial charge >= 0.3 is 6.61 Å². The second kappa shape index (κ2) is 7.42. The van der Waals surface area contributed by atoms with E-state index in [1.165, 1.54) is 6.07 Å². The van der Waals surface area contributed by atoms with Gasteiger partial charge < -0.3 is 19.9 Å². The minimum absolute atomic E-state index is 0.0405. The number of alkyl halides is 2. The standard InChI is InChI=1S/C19H23F2N3O3S/c1-19-8-6-16(25)24(19)14(11-28-19)17(26)22-12-7-9-23(10-12)13-4-2-3-5-15(13)27-18(20)21/h2-5,12,14,18H,6-11H2,1H3,(H,22,26)/t12-,14+,19-/m0/s1. The number of rotatable bonds is 5. The largest absolute Gasteiger partial charge is 0.433 e. The molecular formula is C19H23F2N3O3S. The number of carbonyl (C=O) groups is 2. The number of amides is 2. The smallest absolute Gasteiger partial charge is 0.387 e. The first-order chi connectivity index (χ1) is 13.4. The van der Waals surface area contributed by atoms with Crippen LogP contribution in [0.2, 0.25) is 0 Å². The number of benzene rings is 1. The molecule has 0 aliphatic carbocycles. The van der Waals surface area contributed by atoms with Crippen LogP contribution in [0.4, 0.5) is 14.5 Å². The minimum atomic E-state index is -2.88. The van der Waals surface area contributed by atoms with Crippen LogP contribution in [-0.4, -0.2) is 59.1 Å². The summed E-state index contributed by atoms with van der Waals surface area (Å²) in [4.78, 5) is 28.5. The zero-order valence-electron chi connectivity index (χ0n) is 15.6. The van der Waals surface area contributed by atoms with Gasteiger partial charge in [-0.3, -0.25) is 9.59 Å². The number of para-hydroxylation sites is 2. The fourth-order valence-corrected chi connectivity index (χ4v) is 5.75. The van der Waals surface area contributed by atoms with Crippen LogP contribution in [0, 0.1) is 0 Å². The van der Waals surface area contributed by atoms with Gasteiger partial charge in [0.15, 0.2) is 0 Å². The first-order valence-electron chi connectivity index (χ1n) is 9.43. The van der Waals surface area contributed by atoms with Crippen LogP contribution in [0.25, 0.3) is 0 Å². The van der Waals surface area contributed by atoms with Crippen LogP contribution >= 0.6 is 11.8 Å². The van der Waals surface area contributed by atoms with Crippen molar-refractivity contribution in [2.45, 2.75) is 49.8 Å². The Morgan fingerprint density at radius 2 is 2.18 bits per heavy atom. The average molecular weight is 411 g/mol. The van der Waals surface area contributed by atoms with Crippen molar-refractivity contribution in [2.24, 2.45) is 0 Å². The number of carbonyl (C=O) groups excluding carboxylic acids is 2. The number of thioether (sulfide) groups is 1. The van der Waals surface area contributed by atoms with E-state index < -0.39 is 12.7 Å². The Morgan fingerprint density at radius 3 is 2.96 bits per heavy atom. The maximum Gasteiger partial charge on any atom is 0.387 e. The lowest BCUT2D eigenvalue weighted by molar-refractivity contribution is -0.138. The molecule has 3 atom stereocenters. The normalized spacial score (nSPS) is 29.5. The number of ether oxygens (including phenoxy) is 1. The molecule has 1 N–H and O–H groups in total. The van der Waals surface area contributed by atoms with Crippen molar-refractivity contribution in [1.82, 2.24) is 10.2 Å². The Morgan fingerprint density at radius 1 is 1.39 bits per heavy atom. The van der Waals surface area contributed by atoms with E-state index in [0.29, 0.717) is 37.4 Å². The van der Waals surface area contributed by atoms with Gasteiger partial charge in [-0.05, 0) is 31.9 Å². The van der Waals surface area contributed by atoms with Crippen LogP contribution in [0.5, 0.6) is 5.75 Å². The van der Waals surface area contributed by atoms with Gasteiger partial charge in [-0.1, -0.05) is 12.1 Å². The van der Waals surface area contributed by atoms with Gasteiger partial charge in [-0.25, -0.2) is 0 Å². The van der Waals surface area contributed by atoms with Crippen molar-refractivity contribution in [1.29, 1.82) is 0 Å². The third kappa shape index (κ3) is 3.52. The molecule has 1 aromatic rings. The number of halogens is 2. The number of fused-ring (bicyclic) bond motifs is 1. The van der Waals surface area contributed by atoms with Crippen LogP contribution < -0.4 is 15.0 Å². The topological polar surface area (TPSA) is 61.9 Å². The fourth-order valence-electron chi connectivity index (χ4n) is 4.32. The summed E-state index contributed by atoms with van der Waals surface area (Å²) in [5.41, 5.74) is 0.596. The van der Waals surface area contributed by atoms with Crippen LogP contribution in [0.15, 0.2) is 24.3 Å². The summed E-state index contributed by atoms with van der Waals surface area (Å²) >= 11 is 1.66. The summed E-state index contributed by atoms with van der Waals surface area (Å²) in [6.45, 7) is 0.286. The molecule has 2 amide bonds. The van der Waals surface area contributed by atoms with Gasteiger partial charge in [0.1, 0.15) is 11.8 Å². The van der Waals surface area contributed by atoms with E-state index in [0.717, 1.165) is 6.42 Å². The zero-order valence-corrected chi connectivity index (χ0v) is 16.4. The molecule has 0 radical (unpaired) electrons. The SMILES string of the molecule is C[C@]12CCC(=O)N1[C@@H](C(=O)N[C@H]1CCN(c3ccccc3OC(F)F)C1)CS2. The third-order valence-corrected chi connectivity index (χ3v) is 7.21. The van der Waals surface area contributed by atoms with Gasteiger partial charge in [0, 0.05) is 31.3 Å². The Labute approximate surface area is 166 Å². The fraction of sp³-hybridized carbons (Fsp3) is 0.579. The van der Waals surface area contributed by atoms with Crippen molar-refractivity contribution in [3.05, 3.63) is 24.3 Å². The second-order valence-corrected chi connectivity index (χ2v) is 9.05. The van der Waals surface area contributed by atoms with Gasteiger partial charge in [0.05, 0.1) is 10.6 Å². The van der Waals surface area contributed by atoms with Crippen LogP contribution in [-0.2, 0) is 9.59 Å². The van der Waals surface area contributed by atoms with E-state index in [4.69, 9.17) is 0 Å². The molecule has 6 nitrogen and oxygen atoms in total. The molecule has 28 heavy (non-hydrogen) atoms. The van der Waals surface area contributed by atoms with E-state index >= 15 is 0 Å². The highest BCUT2D eigenvalue weighted by Gasteiger charge is 2.53. The van der Waals surface area contributed by atoms with E-state index in [2.05, 4.69) is 10.1 Å². The lowest BCUT2D eigenvalue weighted by atomic mass is 10.2. The molecule has 4 rings (SSSR count). The highest BCUT2D eigenvalue weighted by Crippen LogP contribution is 2.47. The molecule has 3 fully saturated rings. The van der Waals surface area contributed by atoms with Gasteiger partial charge in [-0.15, -0.1) is 11.8 Å². The number of hydrogen-bond acceptors (Lipinski definition) is 5. The first kappa shape index (κ1) is 19.3. The Balaban J connectivity index is 1.39. The monoisotopic (exact) mass is 411 g/mol. The first-order valence-corrected chi connectivity index (χ1v) is 10.4. The molecule has 0 spiro atoms. The van der Waals surface area contributed by atoms with E-state index in [9.17, 15) is 18.4 Å². The molecule has 0 saturated carbocycles. The van der Waals surface area contributed by atoms with Crippen molar-refractivity contribution in [2.75, 3.05) is 23.7 Å². The molecule has 3 aliphatic rings. The summed E-state index contributed by atoms with van der Waals surface area (Å²) < 4.78 is 29.9. The molecule has 0 unspecified atom stereocenters. The predicted molar refractivity (Wildman–Crippen MR) is 103 cm³/mol.